The summed E-state index contributed by atoms with van der Waals surface area (Å²) in [5.74, 6) is -1.06. The Morgan fingerprint density at radius 2 is 1.84 bits per heavy atom. The molecule has 0 aromatic rings. The van der Waals surface area contributed by atoms with E-state index in [-0.39, 0.29) is 18.9 Å². The average molecular weight is 271 g/mol. The van der Waals surface area contributed by atoms with E-state index in [1.165, 1.54) is 6.92 Å². The molecule has 1 aliphatic heterocycles. The minimum Gasteiger partial charge on any atom is -0.480 e. The summed E-state index contributed by atoms with van der Waals surface area (Å²) >= 11 is 0. The number of hydrogen-bond donors (Lipinski definition) is 3. The van der Waals surface area contributed by atoms with Gasteiger partial charge in [0.2, 0.25) is 5.91 Å². The molecule has 0 radical (unpaired) electrons. The van der Waals surface area contributed by atoms with Gasteiger partial charge in [0.05, 0.1) is 0 Å². The van der Waals surface area contributed by atoms with Crippen molar-refractivity contribution in [3.05, 3.63) is 0 Å². The van der Waals surface area contributed by atoms with Crippen LogP contribution in [-0.4, -0.2) is 53.6 Å². The molecule has 0 aliphatic carbocycles. The molecule has 108 valence electrons. The molecule has 1 heterocycles. The predicted octanol–water partition coefficient (Wildman–Crippen LogP) is 0.161. The molecule has 3 N–H and O–H groups in total. The second kappa shape index (κ2) is 7.60. The van der Waals surface area contributed by atoms with Crippen molar-refractivity contribution in [2.45, 2.75) is 38.6 Å². The number of nitrogens with one attached hydrogen (secondary N) is 2. The summed E-state index contributed by atoms with van der Waals surface area (Å²) in [6.07, 6.45) is 3.48. The van der Waals surface area contributed by atoms with E-state index in [4.69, 9.17) is 5.11 Å². The van der Waals surface area contributed by atoms with E-state index < -0.39 is 18.0 Å². The number of carbonyl (C=O) groups is 3. The molecule has 1 fully saturated rings. The van der Waals surface area contributed by atoms with E-state index in [0.29, 0.717) is 0 Å². The number of carbonyl (C=O) groups excluding carboxylic acids is 2. The van der Waals surface area contributed by atoms with E-state index in [2.05, 4.69) is 10.6 Å². The number of nitrogens with zero attached hydrogens (tertiary/aromatic N) is 1. The van der Waals surface area contributed by atoms with Gasteiger partial charge in [0.15, 0.2) is 0 Å². The van der Waals surface area contributed by atoms with Crippen LogP contribution in [0.1, 0.15) is 32.6 Å². The minimum atomic E-state index is -1.10. The quantitative estimate of drug-likeness (QED) is 0.663. The fourth-order valence-electron chi connectivity index (χ4n) is 1.89. The summed E-state index contributed by atoms with van der Waals surface area (Å²) in [5, 5.41) is 13.3. The lowest BCUT2D eigenvalue weighted by Crippen LogP contribution is -2.45. The Balaban J connectivity index is 2.17. The van der Waals surface area contributed by atoms with E-state index in [1.807, 2.05) is 4.90 Å². The molecule has 0 aromatic heterocycles. The van der Waals surface area contributed by atoms with Gasteiger partial charge < -0.3 is 20.6 Å². The van der Waals surface area contributed by atoms with Crippen LogP contribution in [0.15, 0.2) is 0 Å². The highest BCUT2D eigenvalue weighted by atomic mass is 16.4. The van der Waals surface area contributed by atoms with Crippen molar-refractivity contribution < 1.29 is 19.5 Å². The zero-order valence-electron chi connectivity index (χ0n) is 11.1. The fraction of sp³-hybridized carbons (Fsp3) is 0.750. The number of likely N-dealkylation sites (tertiary alicyclic amines) is 1. The monoisotopic (exact) mass is 271 g/mol. The highest BCUT2D eigenvalue weighted by molar-refractivity contribution is 5.82. The van der Waals surface area contributed by atoms with Gasteiger partial charge in [0.25, 0.3) is 0 Å². The Hall–Kier alpha value is -1.79. The van der Waals surface area contributed by atoms with Crippen molar-refractivity contribution in [1.29, 1.82) is 0 Å². The smallest absolute Gasteiger partial charge is 0.325 e. The Kier molecular flexibility index (Phi) is 6.11. The summed E-state index contributed by atoms with van der Waals surface area (Å²) < 4.78 is 0. The number of carboxylic acids is 1. The zero-order valence-corrected chi connectivity index (χ0v) is 11.1. The van der Waals surface area contributed by atoms with Crippen LogP contribution in [0.4, 0.5) is 4.79 Å². The summed E-state index contributed by atoms with van der Waals surface area (Å²) in [4.78, 5) is 35.4. The lowest BCUT2D eigenvalue weighted by molar-refractivity contribution is -0.138. The molecule has 1 aliphatic rings. The Morgan fingerprint density at radius 3 is 2.42 bits per heavy atom. The molecule has 0 unspecified atom stereocenters. The maximum Gasteiger partial charge on any atom is 0.325 e. The van der Waals surface area contributed by atoms with Crippen molar-refractivity contribution in [3.8, 4) is 0 Å². The molecule has 19 heavy (non-hydrogen) atoms. The summed E-state index contributed by atoms with van der Waals surface area (Å²) in [6.45, 7) is 3.18. The topological polar surface area (TPSA) is 98.7 Å². The van der Waals surface area contributed by atoms with Gasteiger partial charge >= 0.3 is 12.0 Å². The van der Waals surface area contributed by atoms with E-state index in [0.717, 1.165) is 32.4 Å². The first-order chi connectivity index (χ1) is 9.00. The van der Waals surface area contributed by atoms with E-state index in [9.17, 15) is 14.4 Å². The number of rotatable bonds is 5. The van der Waals surface area contributed by atoms with Gasteiger partial charge in [-0.1, -0.05) is 0 Å². The fourth-order valence-corrected chi connectivity index (χ4v) is 1.89. The SMILES string of the molecule is C[C@@H](NC(=O)NCCC(=O)N1CCCCC1)C(=O)O. The minimum absolute atomic E-state index is 0.0336. The molecule has 1 rings (SSSR count). The molecule has 0 bridgehead atoms. The van der Waals surface area contributed by atoms with Gasteiger partial charge in [-0.3, -0.25) is 9.59 Å². The van der Waals surface area contributed by atoms with Crippen LogP contribution in [0.5, 0.6) is 0 Å². The van der Waals surface area contributed by atoms with E-state index in [1.54, 1.807) is 0 Å². The van der Waals surface area contributed by atoms with Crippen LogP contribution >= 0.6 is 0 Å². The summed E-state index contributed by atoms with van der Waals surface area (Å²) in [6, 6.07) is -1.51. The Bertz CT molecular complexity index is 340. The van der Waals surface area contributed by atoms with Crippen molar-refractivity contribution in [1.82, 2.24) is 15.5 Å². The molecular formula is C12H21N3O4. The second-order valence-electron chi connectivity index (χ2n) is 4.65. The van der Waals surface area contributed by atoms with Crippen LogP contribution in [-0.2, 0) is 9.59 Å². The number of piperidine rings is 1. The van der Waals surface area contributed by atoms with E-state index >= 15 is 0 Å². The van der Waals surface area contributed by atoms with Crippen LogP contribution in [0.3, 0.4) is 0 Å². The maximum absolute atomic E-state index is 11.8. The highest BCUT2D eigenvalue weighted by Gasteiger charge is 2.17. The molecule has 7 heteroatoms. The normalized spacial score (nSPS) is 16.6. The van der Waals surface area contributed by atoms with Gasteiger partial charge in [-0.05, 0) is 26.2 Å². The standard InChI is InChI=1S/C12H21N3O4/c1-9(11(17)18)14-12(19)13-6-5-10(16)15-7-3-2-4-8-15/h9H,2-8H2,1H3,(H,17,18)(H2,13,14,19)/t9-/m1/s1. The largest absolute Gasteiger partial charge is 0.480 e. The third kappa shape index (κ3) is 5.58. The van der Waals surface area contributed by atoms with Gasteiger partial charge in [0, 0.05) is 26.1 Å². The first kappa shape index (κ1) is 15.3. The third-order valence-corrected chi connectivity index (χ3v) is 3.05. The number of carboxylic acid groups (broad SMARTS) is 1. The molecule has 0 saturated carbocycles. The predicted molar refractivity (Wildman–Crippen MR) is 68.7 cm³/mol. The second-order valence-corrected chi connectivity index (χ2v) is 4.65. The lowest BCUT2D eigenvalue weighted by atomic mass is 10.1. The molecule has 7 nitrogen and oxygen atoms in total. The molecule has 1 atom stereocenters. The van der Waals surface area contributed by atoms with Crippen LogP contribution in [0.25, 0.3) is 0 Å². The highest BCUT2D eigenvalue weighted by Crippen LogP contribution is 2.09. The zero-order chi connectivity index (χ0) is 14.3. The lowest BCUT2D eigenvalue weighted by Gasteiger charge is -2.26. The average Bonchev–Trinajstić information content (AvgIpc) is 2.39. The molecule has 0 aromatic carbocycles. The van der Waals surface area contributed by atoms with Crippen molar-refractivity contribution >= 4 is 17.9 Å². The van der Waals surface area contributed by atoms with Gasteiger partial charge in [-0.25, -0.2) is 4.79 Å². The molecular weight excluding hydrogens is 250 g/mol. The van der Waals surface area contributed by atoms with Crippen molar-refractivity contribution in [2.24, 2.45) is 0 Å². The number of hydrogen-bond acceptors (Lipinski definition) is 3. The summed E-state index contributed by atoms with van der Waals surface area (Å²) in [7, 11) is 0. The van der Waals surface area contributed by atoms with Crippen molar-refractivity contribution in [2.75, 3.05) is 19.6 Å². The molecule has 0 spiro atoms. The first-order valence-electron chi connectivity index (χ1n) is 6.55. The van der Waals surface area contributed by atoms with Crippen LogP contribution < -0.4 is 10.6 Å². The van der Waals surface area contributed by atoms with Crippen molar-refractivity contribution in [3.63, 3.8) is 0 Å². The molecule has 1 saturated heterocycles. The maximum atomic E-state index is 11.8. The number of urea groups is 1. The van der Waals surface area contributed by atoms with Crippen LogP contribution in [0, 0.1) is 0 Å². The first-order valence-corrected chi connectivity index (χ1v) is 6.55. The van der Waals surface area contributed by atoms with Gasteiger partial charge in [-0.2, -0.15) is 0 Å². The number of aliphatic carboxylic acids is 1. The summed E-state index contributed by atoms with van der Waals surface area (Å²) in [5.41, 5.74) is 0. The number of amides is 3. The third-order valence-electron chi connectivity index (χ3n) is 3.05. The molecule has 3 amide bonds. The Morgan fingerprint density at radius 1 is 1.21 bits per heavy atom. The van der Waals surface area contributed by atoms with Gasteiger partial charge in [-0.15, -0.1) is 0 Å². The van der Waals surface area contributed by atoms with Gasteiger partial charge in [0.1, 0.15) is 6.04 Å². The van der Waals surface area contributed by atoms with Crippen LogP contribution in [0.2, 0.25) is 0 Å². The Labute approximate surface area is 112 Å².